The second kappa shape index (κ2) is 9.01. The van der Waals surface area contributed by atoms with Crippen LogP contribution in [0.4, 0.5) is 0 Å². The Morgan fingerprint density at radius 1 is 1.03 bits per heavy atom. The van der Waals surface area contributed by atoms with E-state index in [2.05, 4.69) is 44.2 Å². The van der Waals surface area contributed by atoms with Gasteiger partial charge < -0.3 is 9.84 Å². The van der Waals surface area contributed by atoms with Gasteiger partial charge >= 0.3 is 0 Å². The van der Waals surface area contributed by atoms with E-state index in [4.69, 9.17) is 14.8 Å². The van der Waals surface area contributed by atoms with Gasteiger partial charge in [0.15, 0.2) is 5.78 Å². The zero-order chi connectivity index (χ0) is 21.4. The number of rotatable bonds is 1. The molecule has 3 aromatic carbocycles. The van der Waals surface area contributed by atoms with Gasteiger partial charge in [-0.2, -0.15) is 0 Å². The number of hydrogen-bond donors (Lipinski definition) is 1. The van der Waals surface area contributed by atoms with Gasteiger partial charge in [-0.05, 0) is 50.3 Å². The molecule has 31 heavy (non-hydrogen) atoms. The van der Waals surface area contributed by atoms with Crippen LogP contribution in [0.15, 0.2) is 60.5 Å². The number of aryl methyl sites for hydroxylation is 2. The maximum Gasteiger partial charge on any atom is 0.155 e. The van der Waals surface area contributed by atoms with Gasteiger partial charge in [-0.25, -0.2) is 0 Å². The van der Waals surface area contributed by atoms with Gasteiger partial charge in [-0.1, -0.05) is 41.3 Å². The number of ether oxygens (including phenoxy) is 1. The van der Waals surface area contributed by atoms with Crippen LogP contribution in [0.5, 0.6) is 11.5 Å². The summed E-state index contributed by atoms with van der Waals surface area (Å²) in [5, 5.41) is 12.9. The average Bonchev–Trinajstić information content (AvgIpc) is 2.69. The Morgan fingerprint density at radius 2 is 1.77 bits per heavy atom. The Morgan fingerprint density at radius 3 is 2.45 bits per heavy atom. The van der Waals surface area contributed by atoms with Gasteiger partial charge in [0.2, 0.25) is 0 Å². The van der Waals surface area contributed by atoms with Crippen LogP contribution >= 0.6 is 0 Å². The molecule has 4 aromatic rings. The molecule has 0 fully saturated rings. The SMILES string of the molecule is CC(=O)/C=C(/C)O.Cc1ccc2c3c(ncc(C)c13)-c1[c-]c3ccccc3cc1O2.[Ir]. The number of pyridine rings is 1. The van der Waals surface area contributed by atoms with Gasteiger partial charge in [-0.15, -0.1) is 17.5 Å². The molecule has 5 heteroatoms. The van der Waals surface area contributed by atoms with Gasteiger partial charge in [0.05, 0.1) is 11.5 Å². The molecule has 0 amide bonds. The Hall–Kier alpha value is -3.01. The number of ketones is 1. The molecule has 1 radical (unpaired) electrons. The van der Waals surface area contributed by atoms with Gasteiger partial charge in [0.25, 0.3) is 0 Å². The number of aromatic nitrogens is 1. The molecule has 0 bridgehead atoms. The molecular formula is C26H22IrNO3-. The molecule has 0 aliphatic carbocycles. The quantitative estimate of drug-likeness (QED) is 0.136. The van der Waals surface area contributed by atoms with E-state index in [1.165, 1.54) is 36.4 Å². The zero-order valence-corrected chi connectivity index (χ0v) is 20.1. The van der Waals surface area contributed by atoms with Crippen molar-refractivity contribution in [3.63, 3.8) is 0 Å². The van der Waals surface area contributed by atoms with E-state index in [0.29, 0.717) is 0 Å². The number of hydrogen-bond acceptors (Lipinski definition) is 4. The number of nitrogens with zero attached hydrogens (tertiary/aromatic N) is 1. The van der Waals surface area contributed by atoms with Crippen LogP contribution in [-0.4, -0.2) is 15.9 Å². The topological polar surface area (TPSA) is 59.4 Å². The standard InChI is InChI=1S/C21H14NO.C5H8O2.Ir/c1-12-7-8-17-20-19(12)13(2)11-22-21(20)16-9-14-5-3-4-6-15(14)10-18(16)23-17;1-4(6)3-5(2)7;/h3-8,10-11H,1-2H3;3,6H,1-2H3;/q-1;;/b;4-3-;. The smallest absolute Gasteiger partial charge is 0.155 e. The van der Waals surface area contributed by atoms with Crippen LogP contribution < -0.4 is 4.74 Å². The predicted molar refractivity (Wildman–Crippen MR) is 120 cm³/mol. The molecule has 0 unspecified atom stereocenters. The molecule has 1 aliphatic heterocycles. The summed E-state index contributed by atoms with van der Waals surface area (Å²) in [6.07, 6.45) is 3.12. The Bertz CT molecular complexity index is 1330. The molecule has 0 spiro atoms. The first-order valence-electron chi connectivity index (χ1n) is 9.75. The predicted octanol–water partition coefficient (Wildman–Crippen LogP) is 6.61. The van der Waals surface area contributed by atoms with E-state index in [1.54, 1.807) is 0 Å². The first-order valence-corrected chi connectivity index (χ1v) is 9.75. The third-order valence-electron chi connectivity index (χ3n) is 5.02. The molecule has 0 saturated heterocycles. The third kappa shape index (κ3) is 4.39. The van der Waals surface area contributed by atoms with E-state index < -0.39 is 0 Å². The molecule has 159 valence electrons. The van der Waals surface area contributed by atoms with Crippen molar-refractivity contribution in [1.82, 2.24) is 4.98 Å². The second-order valence-corrected chi connectivity index (χ2v) is 7.51. The van der Waals surface area contributed by atoms with Gasteiger partial charge in [0.1, 0.15) is 5.75 Å². The number of fused-ring (bicyclic) bond motifs is 3. The van der Waals surface area contributed by atoms with Crippen molar-refractivity contribution in [1.29, 1.82) is 0 Å². The second-order valence-electron chi connectivity index (χ2n) is 7.51. The van der Waals surface area contributed by atoms with Crippen LogP contribution in [0.25, 0.3) is 32.8 Å². The third-order valence-corrected chi connectivity index (χ3v) is 5.02. The average molecular weight is 589 g/mol. The molecule has 1 aromatic heterocycles. The Kier molecular flexibility index (Phi) is 6.59. The summed E-state index contributed by atoms with van der Waals surface area (Å²) < 4.78 is 6.20. The number of carbonyl (C=O) groups is 1. The monoisotopic (exact) mass is 589 g/mol. The van der Waals surface area contributed by atoms with Crippen molar-refractivity contribution in [3.8, 4) is 22.8 Å². The van der Waals surface area contributed by atoms with Crippen LogP contribution in [0, 0.1) is 19.9 Å². The largest absolute Gasteiger partial charge is 0.512 e. The first-order chi connectivity index (χ1) is 14.3. The maximum atomic E-state index is 10.0. The Balaban J connectivity index is 0.000000299. The summed E-state index contributed by atoms with van der Waals surface area (Å²) in [7, 11) is 0. The molecule has 1 aliphatic rings. The number of benzene rings is 3. The zero-order valence-electron chi connectivity index (χ0n) is 17.7. The Labute approximate surface area is 194 Å². The number of aliphatic hydroxyl groups excluding tert-OH is 1. The van der Waals surface area contributed by atoms with Crippen LogP contribution in [-0.2, 0) is 24.9 Å². The normalized spacial score (nSPS) is 11.7. The summed E-state index contributed by atoms with van der Waals surface area (Å²) in [4.78, 5) is 14.7. The van der Waals surface area contributed by atoms with Gasteiger partial charge in [0, 0.05) is 43.5 Å². The van der Waals surface area contributed by atoms with Crippen LogP contribution in [0.3, 0.4) is 0 Å². The summed E-state index contributed by atoms with van der Waals surface area (Å²) in [6.45, 7) is 7.08. The van der Waals surface area contributed by atoms with E-state index in [-0.39, 0.29) is 31.6 Å². The minimum Gasteiger partial charge on any atom is -0.512 e. The molecule has 5 rings (SSSR count). The summed E-state index contributed by atoms with van der Waals surface area (Å²) in [5.41, 5.74) is 4.34. The number of allylic oxidation sites excluding steroid dienone is 2. The molecular weight excluding hydrogens is 567 g/mol. The van der Waals surface area contributed by atoms with E-state index in [1.807, 2.05) is 24.4 Å². The van der Waals surface area contributed by atoms with Gasteiger partial charge in [-0.3, -0.25) is 9.78 Å². The van der Waals surface area contributed by atoms with Crippen molar-refractivity contribution in [2.24, 2.45) is 0 Å². The minimum atomic E-state index is -0.125. The van der Waals surface area contributed by atoms with E-state index >= 15 is 0 Å². The van der Waals surface area contributed by atoms with Crippen molar-refractivity contribution >= 4 is 27.3 Å². The molecule has 0 saturated carbocycles. The molecule has 0 atom stereocenters. The van der Waals surface area contributed by atoms with Crippen molar-refractivity contribution in [2.45, 2.75) is 27.7 Å². The molecule has 4 nitrogen and oxygen atoms in total. The number of aliphatic hydroxyl groups is 1. The number of carbonyl (C=O) groups excluding carboxylic acids is 1. The minimum absolute atomic E-state index is 0. The summed E-state index contributed by atoms with van der Waals surface area (Å²) in [5.74, 6) is 1.65. The maximum absolute atomic E-state index is 10.0. The molecule has 2 heterocycles. The fraction of sp³-hybridized carbons (Fsp3) is 0.154. The van der Waals surface area contributed by atoms with Crippen molar-refractivity contribution in [2.75, 3.05) is 0 Å². The van der Waals surface area contributed by atoms with Crippen molar-refractivity contribution in [3.05, 3.63) is 77.7 Å². The first kappa shape index (κ1) is 22.7. The fourth-order valence-electron chi connectivity index (χ4n) is 3.81. The summed E-state index contributed by atoms with van der Waals surface area (Å²) in [6, 6.07) is 18.0. The van der Waals surface area contributed by atoms with Crippen LogP contribution in [0.1, 0.15) is 25.0 Å². The van der Waals surface area contributed by atoms with E-state index in [0.717, 1.165) is 38.9 Å². The fourth-order valence-corrected chi connectivity index (χ4v) is 3.81. The summed E-state index contributed by atoms with van der Waals surface area (Å²) >= 11 is 0. The van der Waals surface area contributed by atoms with Crippen LogP contribution in [0.2, 0.25) is 0 Å². The van der Waals surface area contributed by atoms with E-state index in [9.17, 15) is 4.79 Å². The molecule has 1 N–H and O–H groups in total. The van der Waals surface area contributed by atoms with Crippen molar-refractivity contribution < 1.29 is 34.7 Å².